The van der Waals surface area contributed by atoms with E-state index in [1.165, 1.54) is 4.88 Å². The van der Waals surface area contributed by atoms with Crippen molar-refractivity contribution in [3.8, 4) is 0 Å². The van der Waals surface area contributed by atoms with Gasteiger partial charge in [0.1, 0.15) is 5.82 Å². The fraction of sp³-hybridized carbons (Fsp3) is 0.375. The molecule has 1 atom stereocenters. The van der Waals surface area contributed by atoms with Crippen LogP contribution in [-0.4, -0.2) is 17.4 Å². The first-order valence-corrected chi connectivity index (χ1v) is 8.04. The van der Waals surface area contributed by atoms with E-state index in [-0.39, 0.29) is 11.9 Å². The summed E-state index contributed by atoms with van der Waals surface area (Å²) in [7, 11) is 0. The zero-order valence-electron chi connectivity index (χ0n) is 12.6. The van der Waals surface area contributed by atoms with Crippen LogP contribution >= 0.6 is 11.3 Å². The lowest BCUT2D eigenvalue weighted by Crippen LogP contribution is -2.31. The summed E-state index contributed by atoms with van der Waals surface area (Å²) in [6.45, 7) is 7.04. The van der Waals surface area contributed by atoms with Crippen LogP contribution in [0.3, 0.4) is 0 Å². The van der Waals surface area contributed by atoms with Crippen LogP contribution in [0.2, 0.25) is 0 Å². The second-order valence-electron chi connectivity index (χ2n) is 5.17. The zero-order chi connectivity index (χ0) is 15.2. The molecule has 0 saturated heterocycles. The highest BCUT2D eigenvalue weighted by molar-refractivity contribution is 7.10. The molecule has 0 spiro atoms. The number of amides is 1. The molecule has 1 amide bonds. The number of thiophene rings is 1. The molecule has 0 aliphatic rings. The van der Waals surface area contributed by atoms with E-state index in [1.807, 2.05) is 24.4 Å². The number of anilines is 1. The molecule has 0 fully saturated rings. The maximum absolute atomic E-state index is 12.4. The molecule has 0 aliphatic heterocycles. The van der Waals surface area contributed by atoms with Crippen LogP contribution in [0.25, 0.3) is 0 Å². The van der Waals surface area contributed by atoms with Crippen LogP contribution < -0.4 is 10.6 Å². The Labute approximate surface area is 129 Å². The monoisotopic (exact) mass is 303 g/mol. The fourth-order valence-corrected chi connectivity index (χ4v) is 3.02. The molecule has 0 radical (unpaired) electrons. The predicted octanol–water partition coefficient (Wildman–Crippen LogP) is 3.70. The van der Waals surface area contributed by atoms with Gasteiger partial charge in [0.05, 0.1) is 11.6 Å². The number of hydrogen-bond acceptors (Lipinski definition) is 4. The topological polar surface area (TPSA) is 54.0 Å². The Kier molecular flexibility index (Phi) is 5.33. The fourth-order valence-electron chi connectivity index (χ4n) is 2.07. The third kappa shape index (κ3) is 4.04. The lowest BCUT2D eigenvalue weighted by molar-refractivity contribution is 0.0926. The Morgan fingerprint density at radius 3 is 2.67 bits per heavy atom. The summed E-state index contributed by atoms with van der Waals surface area (Å²) >= 11 is 1.67. The molecule has 0 bridgehead atoms. The molecule has 2 rings (SSSR count). The van der Waals surface area contributed by atoms with Gasteiger partial charge in [0.25, 0.3) is 5.91 Å². The first-order chi connectivity index (χ1) is 10.1. The van der Waals surface area contributed by atoms with Gasteiger partial charge in [-0.05, 0) is 36.4 Å². The molecule has 0 aromatic carbocycles. The van der Waals surface area contributed by atoms with E-state index in [4.69, 9.17) is 0 Å². The average molecular weight is 303 g/mol. The van der Waals surface area contributed by atoms with Gasteiger partial charge < -0.3 is 10.6 Å². The van der Waals surface area contributed by atoms with Crippen LogP contribution in [0.15, 0.2) is 35.8 Å². The molecule has 2 N–H and O–H groups in total. The van der Waals surface area contributed by atoms with E-state index in [0.29, 0.717) is 11.5 Å². The first kappa shape index (κ1) is 15.5. The summed E-state index contributed by atoms with van der Waals surface area (Å²) in [5, 5.41) is 8.24. The first-order valence-electron chi connectivity index (χ1n) is 7.16. The summed E-state index contributed by atoms with van der Waals surface area (Å²) in [6.07, 6.45) is 1.61. The number of nitrogens with one attached hydrogen (secondary N) is 2. The lowest BCUT2D eigenvalue weighted by Gasteiger charge is -2.21. The van der Waals surface area contributed by atoms with Crippen LogP contribution in [0.4, 0.5) is 5.82 Å². The minimum absolute atomic E-state index is 0.0333. The maximum Gasteiger partial charge on any atom is 0.253 e. The molecule has 2 aromatic rings. The summed E-state index contributed by atoms with van der Waals surface area (Å²) in [6, 6.07) is 7.72. The van der Waals surface area contributed by atoms with Gasteiger partial charge in [-0.2, -0.15) is 0 Å². The smallest absolute Gasteiger partial charge is 0.253 e. The van der Waals surface area contributed by atoms with E-state index in [1.54, 1.807) is 23.6 Å². The van der Waals surface area contributed by atoms with E-state index in [2.05, 4.69) is 35.5 Å². The third-order valence-electron chi connectivity index (χ3n) is 3.19. The number of hydrogen-bond donors (Lipinski definition) is 2. The average Bonchev–Trinajstić information content (AvgIpc) is 2.99. The van der Waals surface area contributed by atoms with E-state index < -0.39 is 0 Å². The van der Waals surface area contributed by atoms with Crippen molar-refractivity contribution in [3.63, 3.8) is 0 Å². The van der Waals surface area contributed by atoms with Gasteiger partial charge >= 0.3 is 0 Å². The summed E-state index contributed by atoms with van der Waals surface area (Å²) in [5.74, 6) is 1.03. The largest absolute Gasteiger partial charge is 0.370 e. The van der Waals surface area contributed by atoms with Gasteiger partial charge in [0.2, 0.25) is 0 Å². The number of aromatic nitrogens is 1. The molecule has 2 aromatic heterocycles. The molecule has 112 valence electrons. The molecule has 1 unspecified atom stereocenters. The second kappa shape index (κ2) is 7.22. The van der Waals surface area contributed by atoms with E-state index in [9.17, 15) is 4.79 Å². The van der Waals surface area contributed by atoms with Crippen LogP contribution in [0, 0.1) is 5.92 Å². The molecule has 0 saturated carbocycles. The summed E-state index contributed by atoms with van der Waals surface area (Å²) in [4.78, 5) is 17.8. The molecule has 4 nitrogen and oxygen atoms in total. The van der Waals surface area contributed by atoms with Crippen molar-refractivity contribution in [2.45, 2.75) is 26.8 Å². The summed E-state index contributed by atoms with van der Waals surface area (Å²) < 4.78 is 0. The van der Waals surface area contributed by atoms with Gasteiger partial charge in [-0.1, -0.05) is 19.9 Å². The number of carbonyl (C=O) groups is 1. The Morgan fingerprint density at radius 2 is 2.14 bits per heavy atom. The van der Waals surface area contributed by atoms with Crippen molar-refractivity contribution in [1.82, 2.24) is 10.3 Å². The van der Waals surface area contributed by atoms with Crippen LogP contribution in [-0.2, 0) is 0 Å². The standard InChI is InChI=1S/C16H21N3OS/c1-4-17-14-8-7-12(10-18-14)16(20)19-15(11(2)3)13-6-5-9-21-13/h5-11,15H,4H2,1-3H3,(H,17,18)(H,19,20). The highest BCUT2D eigenvalue weighted by Gasteiger charge is 2.20. The Hall–Kier alpha value is -1.88. The van der Waals surface area contributed by atoms with E-state index in [0.717, 1.165) is 12.4 Å². The minimum atomic E-state index is -0.0855. The Balaban J connectivity index is 2.08. The molecule has 2 heterocycles. The molecule has 21 heavy (non-hydrogen) atoms. The molecule has 0 aliphatic carbocycles. The molecular weight excluding hydrogens is 282 g/mol. The number of rotatable bonds is 6. The Morgan fingerprint density at radius 1 is 1.33 bits per heavy atom. The lowest BCUT2D eigenvalue weighted by atomic mass is 10.0. The number of carbonyl (C=O) groups excluding carboxylic acids is 1. The van der Waals surface area contributed by atoms with Gasteiger partial charge in [-0.15, -0.1) is 11.3 Å². The van der Waals surface area contributed by atoms with Gasteiger partial charge in [-0.3, -0.25) is 4.79 Å². The van der Waals surface area contributed by atoms with Crippen LogP contribution in [0.1, 0.15) is 42.0 Å². The van der Waals surface area contributed by atoms with Gasteiger partial charge in [0, 0.05) is 17.6 Å². The quantitative estimate of drug-likeness (QED) is 0.855. The molecule has 5 heteroatoms. The highest BCUT2D eigenvalue weighted by atomic mass is 32.1. The SMILES string of the molecule is CCNc1ccc(C(=O)NC(c2cccs2)C(C)C)cn1. The second-order valence-corrected chi connectivity index (χ2v) is 6.15. The van der Waals surface area contributed by atoms with E-state index >= 15 is 0 Å². The van der Waals surface area contributed by atoms with Gasteiger partial charge in [-0.25, -0.2) is 4.98 Å². The molecular formula is C16H21N3OS. The van der Waals surface area contributed by atoms with Crippen molar-refractivity contribution in [3.05, 3.63) is 46.3 Å². The minimum Gasteiger partial charge on any atom is -0.370 e. The number of nitrogens with zero attached hydrogens (tertiary/aromatic N) is 1. The predicted molar refractivity (Wildman–Crippen MR) is 87.8 cm³/mol. The number of pyridine rings is 1. The van der Waals surface area contributed by atoms with Crippen molar-refractivity contribution < 1.29 is 4.79 Å². The maximum atomic E-state index is 12.4. The highest BCUT2D eigenvalue weighted by Crippen LogP contribution is 2.26. The summed E-state index contributed by atoms with van der Waals surface area (Å²) in [5.41, 5.74) is 0.582. The normalized spacial score (nSPS) is 12.2. The third-order valence-corrected chi connectivity index (χ3v) is 4.14. The van der Waals surface area contributed by atoms with Crippen molar-refractivity contribution in [2.24, 2.45) is 5.92 Å². The zero-order valence-corrected chi connectivity index (χ0v) is 13.4. The van der Waals surface area contributed by atoms with Crippen molar-refractivity contribution in [2.75, 3.05) is 11.9 Å². The van der Waals surface area contributed by atoms with Crippen molar-refractivity contribution in [1.29, 1.82) is 0 Å². The van der Waals surface area contributed by atoms with Crippen LogP contribution in [0.5, 0.6) is 0 Å². The van der Waals surface area contributed by atoms with Crippen molar-refractivity contribution >= 4 is 23.1 Å². The van der Waals surface area contributed by atoms with Gasteiger partial charge in [0.15, 0.2) is 0 Å². The Bertz CT molecular complexity index is 564.